The van der Waals surface area contributed by atoms with E-state index in [2.05, 4.69) is 18.3 Å². The molecule has 5 unspecified atom stereocenters. The van der Waals surface area contributed by atoms with Gasteiger partial charge in [-0.25, -0.2) is 0 Å². The summed E-state index contributed by atoms with van der Waals surface area (Å²) in [6.45, 7) is 3.16. The molecule has 0 heterocycles. The first-order valence-corrected chi connectivity index (χ1v) is 8.64. The molecule has 2 bridgehead atoms. The van der Waals surface area contributed by atoms with Crippen LogP contribution in [0.2, 0.25) is 10.0 Å². The fraction of sp³-hybridized carbons (Fsp3) is 0.647. The standard InChI is InChI=1S/C17H21Cl2N/c1-2-20-17(12-8-11(18)5-6-13(12)19)16-14-9-3-4-10(7-9)15(14)16/h5-6,8-10,14-17,20H,2-4,7H2,1H3. The molecule has 0 aliphatic heterocycles. The van der Waals surface area contributed by atoms with Crippen LogP contribution < -0.4 is 5.32 Å². The minimum atomic E-state index is 0.393. The van der Waals surface area contributed by atoms with Gasteiger partial charge >= 0.3 is 0 Å². The van der Waals surface area contributed by atoms with Gasteiger partial charge in [-0.15, -0.1) is 0 Å². The van der Waals surface area contributed by atoms with E-state index < -0.39 is 0 Å². The summed E-state index contributed by atoms with van der Waals surface area (Å²) in [4.78, 5) is 0. The van der Waals surface area contributed by atoms with Crippen molar-refractivity contribution in [1.29, 1.82) is 0 Å². The number of benzene rings is 1. The maximum atomic E-state index is 6.44. The van der Waals surface area contributed by atoms with Gasteiger partial charge in [0.05, 0.1) is 0 Å². The third kappa shape index (κ3) is 1.94. The second-order valence-electron chi connectivity index (χ2n) is 6.77. The van der Waals surface area contributed by atoms with Gasteiger partial charge in [0.2, 0.25) is 0 Å². The average molecular weight is 310 g/mol. The highest BCUT2D eigenvalue weighted by Gasteiger charge is 2.66. The van der Waals surface area contributed by atoms with Crippen LogP contribution in [0.5, 0.6) is 0 Å². The largest absolute Gasteiger partial charge is 0.310 e. The molecule has 108 valence electrons. The number of nitrogens with one attached hydrogen (secondary N) is 1. The molecule has 1 aromatic rings. The van der Waals surface area contributed by atoms with Crippen LogP contribution in [0.15, 0.2) is 18.2 Å². The monoisotopic (exact) mass is 309 g/mol. The molecular weight excluding hydrogens is 289 g/mol. The Morgan fingerprint density at radius 3 is 2.55 bits per heavy atom. The fourth-order valence-electron chi connectivity index (χ4n) is 5.26. The number of rotatable bonds is 4. The molecule has 20 heavy (non-hydrogen) atoms. The first kappa shape index (κ1) is 13.4. The molecule has 3 heteroatoms. The molecule has 3 saturated carbocycles. The maximum absolute atomic E-state index is 6.44. The Hall–Kier alpha value is -0.240. The molecule has 5 atom stereocenters. The van der Waals surface area contributed by atoms with Gasteiger partial charge in [-0.2, -0.15) is 0 Å². The molecule has 3 fully saturated rings. The Labute approximate surface area is 131 Å². The summed E-state index contributed by atoms with van der Waals surface area (Å²) < 4.78 is 0. The van der Waals surface area contributed by atoms with Crippen LogP contribution in [0, 0.1) is 29.6 Å². The van der Waals surface area contributed by atoms with Gasteiger partial charge in [0.25, 0.3) is 0 Å². The van der Waals surface area contributed by atoms with E-state index in [1.54, 1.807) is 0 Å². The van der Waals surface area contributed by atoms with Gasteiger partial charge in [-0.05, 0) is 79.2 Å². The summed E-state index contributed by atoms with van der Waals surface area (Å²) in [5.74, 6) is 4.68. The Morgan fingerprint density at radius 1 is 1.20 bits per heavy atom. The number of hydrogen-bond acceptors (Lipinski definition) is 1. The third-order valence-electron chi connectivity index (χ3n) is 5.90. The highest BCUT2D eigenvalue weighted by molar-refractivity contribution is 6.33. The molecule has 0 spiro atoms. The molecule has 3 aliphatic rings. The maximum Gasteiger partial charge on any atom is 0.0454 e. The molecule has 0 amide bonds. The van der Waals surface area contributed by atoms with Crippen LogP contribution in [0.4, 0.5) is 0 Å². The number of hydrogen-bond donors (Lipinski definition) is 1. The normalized spacial score (nSPS) is 38.9. The van der Waals surface area contributed by atoms with E-state index in [0.29, 0.717) is 6.04 Å². The van der Waals surface area contributed by atoms with Crippen molar-refractivity contribution in [3.8, 4) is 0 Å². The molecule has 4 rings (SSSR count). The summed E-state index contributed by atoms with van der Waals surface area (Å²) in [5.41, 5.74) is 1.21. The lowest BCUT2D eigenvalue weighted by molar-refractivity contribution is 0.375. The van der Waals surface area contributed by atoms with Crippen LogP contribution in [-0.4, -0.2) is 6.54 Å². The second-order valence-corrected chi connectivity index (χ2v) is 7.61. The molecular formula is C17H21Cl2N. The van der Waals surface area contributed by atoms with E-state index in [1.807, 2.05) is 12.1 Å². The van der Waals surface area contributed by atoms with Crippen LogP contribution >= 0.6 is 23.2 Å². The van der Waals surface area contributed by atoms with Gasteiger partial charge in [-0.3, -0.25) is 0 Å². The van der Waals surface area contributed by atoms with Crippen molar-refractivity contribution in [1.82, 2.24) is 5.32 Å². The van der Waals surface area contributed by atoms with Crippen molar-refractivity contribution in [2.75, 3.05) is 6.54 Å². The van der Waals surface area contributed by atoms with Crippen molar-refractivity contribution >= 4 is 23.2 Å². The summed E-state index contributed by atoms with van der Waals surface area (Å²) in [7, 11) is 0. The zero-order valence-corrected chi connectivity index (χ0v) is 13.3. The van der Waals surface area contributed by atoms with Crippen molar-refractivity contribution < 1.29 is 0 Å². The molecule has 1 nitrogen and oxygen atoms in total. The first-order chi connectivity index (χ1) is 9.70. The minimum absolute atomic E-state index is 0.393. The fourth-order valence-corrected chi connectivity index (χ4v) is 5.68. The van der Waals surface area contributed by atoms with Crippen molar-refractivity contribution in [2.24, 2.45) is 29.6 Å². The third-order valence-corrected chi connectivity index (χ3v) is 6.48. The SMILES string of the molecule is CCNC(c1cc(Cl)ccc1Cl)C1C2C3CCC(C3)C21. The summed E-state index contributed by atoms with van der Waals surface area (Å²) >= 11 is 12.6. The van der Waals surface area contributed by atoms with Gasteiger partial charge in [0.1, 0.15) is 0 Å². The lowest BCUT2D eigenvalue weighted by Gasteiger charge is -2.23. The average Bonchev–Trinajstić information content (AvgIpc) is 2.86. The van der Waals surface area contributed by atoms with Crippen molar-refractivity contribution in [2.45, 2.75) is 32.2 Å². The summed E-state index contributed by atoms with van der Waals surface area (Å²) in [5, 5.41) is 5.33. The topological polar surface area (TPSA) is 12.0 Å². The highest BCUT2D eigenvalue weighted by Crippen LogP contribution is 2.72. The van der Waals surface area contributed by atoms with Gasteiger partial charge < -0.3 is 5.32 Å². The van der Waals surface area contributed by atoms with Crippen LogP contribution in [0.1, 0.15) is 37.8 Å². The van der Waals surface area contributed by atoms with E-state index in [-0.39, 0.29) is 0 Å². The molecule has 1 N–H and O–H groups in total. The predicted octanol–water partition coefficient (Wildman–Crippen LogP) is 4.94. The van der Waals surface area contributed by atoms with Crippen LogP contribution in [0.3, 0.4) is 0 Å². The van der Waals surface area contributed by atoms with E-state index in [1.165, 1.54) is 24.8 Å². The van der Waals surface area contributed by atoms with Crippen LogP contribution in [0.25, 0.3) is 0 Å². The van der Waals surface area contributed by atoms with Crippen LogP contribution in [-0.2, 0) is 0 Å². The van der Waals surface area contributed by atoms with Crippen molar-refractivity contribution in [3.63, 3.8) is 0 Å². The molecule has 1 aromatic carbocycles. The Balaban J connectivity index is 1.64. The highest BCUT2D eigenvalue weighted by atomic mass is 35.5. The lowest BCUT2D eigenvalue weighted by Crippen LogP contribution is -2.25. The lowest BCUT2D eigenvalue weighted by atomic mass is 9.93. The number of halogens is 2. The Kier molecular flexibility index (Phi) is 3.29. The summed E-state index contributed by atoms with van der Waals surface area (Å²) in [6, 6.07) is 6.28. The molecule has 3 aliphatic carbocycles. The first-order valence-electron chi connectivity index (χ1n) is 7.89. The second kappa shape index (κ2) is 4.90. The Morgan fingerprint density at radius 2 is 1.90 bits per heavy atom. The van der Waals surface area contributed by atoms with Gasteiger partial charge in [0, 0.05) is 16.1 Å². The van der Waals surface area contributed by atoms with E-state index in [0.717, 1.165) is 46.2 Å². The summed E-state index contributed by atoms with van der Waals surface area (Å²) in [6.07, 6.45) is 4.42. The van der Waals surface area contributed by atoms with Crippen molar-refractivity contribution in [3.05, 3.63) is 33.8 Å². The zero-order valence-electron chi connectivity index (χ0n) is 11.8. The number of fused-ring (bicyclic) bond motifs is 5. The van der Waals surface area contributed by atoms with E-state index in [4.69, 9.17) is 23.2 Å². The minimum Gasteiger partial charge on any atom is -0.310 e. The van der Waals surface area contributed by atoms with Gasteiger partial charge in [-0.1, -0.05) is 30.1 Å². The molecule has 0 radical (unpaired) electrons. The molecule has 0 saturated heterocycles. The predicted molar refractivity (Wildman–Crippen MR) is 84.2 cm³/mol. The van der Waals surface area contributed by atoms with E-state index >= 15 is 0 Å². The van der Waals surface area contributed by atoms with E-state index in [9.17, 15) is 0 Å². The zero-order chi connectivity index (χ0) is 13.9. The quantitative estimate of drug-likeness (QED) is 0.831. The van der Waals surface area contributed by atoms with Gasteiger partial charge in [0.15, 0.2) is 0 Å². The molecule has 0 aromatic heterocycles. The smallest absolute Gasteiger partial charge is 0.0454 e. The Bertz CT molecular complexity index is 514.